The molecule has 2 rings (SSSR count). The average molecular weight is 400 g/mol. The van der Waals surface area contributed by atoms with Crippen LogP contribution in [0.5, 0.6) is 11.5 Å². The Balaban J connectivity index is 2.43. The van der Waals surface area contributed by atoms with Gasteiger partial charge < -0.3 is 14.6 Å². The van der Waals surface area contributed by atoms with Crippen molar-refractivity contribution >= 4 is 25.4 Å². The second kappa shape index (κ2) is 10.8. The molecule has 1 atom stereocenters. The van der Waals surface area contributed by atoms with Gasteiger partial charge in [-0.1, -0.05) is 35.7 Å². The molecule has 1 heterocycles. The summed E-state index contributed by atoms with van der Waals surface area (Å²) in [7, 11) is 1.18. The molecule has 1 aliphatic heterocycles. The van der Waals surface area contributed by atoms with Gasteiger partial charge in [-0.3, -0.25) is 0 Å². The van der Waals surface area contributed by atoms with Gasteiger partial charge in [0.1, 0.15) is 18.1 Å². The van der Waals surface area contributed by atoms with Crippen molar-refractivity contribution in [2.45, 2.75) is 20.3 Å². The lowest BCUT2D eigenvalue weighted by atomic mass is 10.0. The van der Waals surface area contributed by atoms with Crippen molar-refractivity contribution in [1.82, 2.24) is 0 Å². The fourth-order valence-electron chi connectivity index (χ4n) is 2.80. The van der Waals surface area contributed by atoms with Crippen LogP contribution in [0.15, 0.2) is 53.7 Å². The Bertz CT molecular complexity index is 869. The van der Waals surface area contributed by atoms with Crippen molar-refractivity contribution in [2.75, 3.05) is 26.5 Å². The Morgan fingerprint density at radius 3 is 2.79 bits per heavy atom. The minimum atomic E-state index is -0.991. The summed E-state index contributed by atoms with van der Waals surface area (Å²) < 4.78 is 11.8. The Morgan fingerprint density at radius 2 is 2.11 bits per heavy atom. The van der Waals surface area contributed by atoms with E-state index in [1.807, 2.05) is 26.0 Å². The highest BCUT2D eigenvalue weighted by molar-refractivity contribution is 7.57. The topological polar surface area (TPSA) is 55.8 Å². The number of aliphatic carboxylic acids is 1. The maximum absolute atomic E-state index is 11.0. The highest BCUT2D eigenvalue weighted by atomic mass is 31.1. The summed E-state index contributed by atoms with van der Waals surface area (Å²) in [5, 5.41) is 9.02. The molecule has 0 spiro atoms. The molecule has 0 bridgehead atoms. The van der Waals surface area contributed by atoms with Crippen molar-refractivity contribution in [2.24, 2.45) is 0 Å². The van der Waals surface area contributed by atoms with Gasteiger partial charge in [0.15, 0.2) is 0 Å². The number of hydrogen-bond acceptors (Lipinski definition) is 3. The second-order valence-electron chi connectivity index (χ2n) is 6.97. The molecule has 4 nitrogen and oxygen atoms in total. The van der Waals surface area contributed by atoms with Gasteiger partial charge in [0.2, 0.25) is 0 Å². The highest BCUT2D eigenvalue weighted by Crippen LogP contribution is 2.35. The number of benzene rings is 1. The fraction of sp³-hybridized carbons (Fsp3) is 0.304. The molecule has 0 aliphatic carbocycles. The summed E-state index contributed by atoms with van der Waals surface area (Å²) >= 11 is 0. The van der Waals surface area contributed by atoms with E-state index in [4.69, 9.17) is 14.6 Å². The van der Waals surface area contributed by atoms with E-state index in [1.54, 1.807) is 13.2 Å². The van der Waals surface area contributed by atoms with E-state index < -0.39 is 13.5 Å². The predicted octanol–water partition coefficient (Wildman–Crippen LogP) is 4.82. The van der Waals surface area contributed by atoms with Crippen molar-refractivity contribution in [3.8, 4) is 11.5 Å². The first-order chi connectivity index (χ1) is 13.4. The van der Waals surface area contributed by atoms with Crippen LogP contribution in [0.4, 0.5) is 0 Å². The maximum Gasteiger partial charge on any atom is 0.328 e. The summed E-state index contributed by atoms with van der Waals surface area (Å²) in [5.74, 6) is 2.68. The van der Waals surface area contributed by atoms with Crippen LogP contribution in [0.3, 0.4) is 0 Å². The molecular weight excluding hydrogens is 371 g/mol. The minimum Gasteiger partial charge on any atom is -0.496 e. The zero-order chi connectivity index (χ0) is 20.5. The first-order valence-electron chi connectivity index (χ1n) is 9.30. The molecule has 1 aromatic rings. The summed E-state index contributed by atoms with van der Waals surface area (Å²) in [6.07, 6.45) is 13.0. The monoisotopic (exact) mass is 400 g/mol. The third-order valence-corrected chi connectivity index (χ3v) is 5.94. The summed E-state index contributed by atoms with van der Waals surface area (Å²) in [5.41, 5.74) is 3.94. The lowest BCUT2D eigenvalue weighted by Crippen LogP contribution is -2.05. The molecule has 150 valence electrons. The number of carboxylic acid groups (broad SMARTS) is 1. The molecule has 28 heavy (non-hydrogen) atoms. The lowest BCUT2D eigenvalue weighted by molar-refractivity contribution is -0.131. The first-order valence-corrected chi connectivity index (χ1v) is 11.6. The lowest BCUT2D eigenvalue weighted by Gasteiger charge is -2.17. The van der Waals surface area contributed by atoms with E-state index in [0.29, 0.717) is 18.8 Å². The number of carboxylic acids is 1. The van der Waals surface area contributed by atoms with E-state index >= 15 is 0 Å². The smallest absolute Gasteiger partial charge is 0.328 e. The number of allylic oxidation sites excluding steroid dienone is 4. The van der Waals surface area contributed by atoms with Gasteiger partial charge in [0.05, 0.1) is 7.11 Å². The summed E-state index contributed by atoms with van der Waals surface area (Å²) in [4.78, 5) is 11.0. The van der Waals surface area contributed by atoms with E-state index in [9.17, 15) is 4.79 Å². The van der Waals surface area contributed by atoms with Gasteiger partial charge >= 0.3 is 5.97 Å². The SMILES string of the molecule is COc1ccc(/C=C/C(=O)O)c(OCC2=CC=[PH](C)CC=C2)c1CC=C(C)C. The third kappa shape index (κ3) is 6.61. The zero-order valence-electron chi connectivity index (χ0n) is 17.0. The molecule has 0 radical (unpaired) electrons. The van der Waals surface area contributed by atoms with E-state index in [2.05, 4.69) is 36.8 Å². The van der Waals surface area contributed by atoms with E-state index in [0.717, 1.165) is 34.7 Å². The van der Waals surface area contributed by atoms with Crippen LogP contribution < -0.4 is 9.47 Å². The third-order valence-electron chi connectivity index (χ3n) is 4.32. The molecule has 1 unspecified atom stereocenters. The molecule has 0 fully saturated rings. The zero-order valence-corrected chi connectivity index (χ0v) is 18.0. The Morgan fingerprint density at radius 1 is 1.32 bits per heavy atom. The van der Waals surface area contributed by atoms with Crippen LogP contribution in [0.25, 0.3) is 6.08 Å². The molecule has 1 N–H and O–H groups in total. The van der Waals surface area contributed by atoms with Gasteiger partial charge in [-0.2, -0.15) is 0 Å². The summed E-state index contributed by atoms with van der Waals surface area (Å²) in [6, 6.07) is 3.68. The molecule has 0 saturated carbocycles. The van der Waals surface area contributed by atoms with Crippen molar-refractivity contribution in [3.05, 3.63) is 64.8 Å². The van der Waals surface area contributed by atoms with Crippen LogP contribution in [0.1, 0.15) is 25.0 Å². The second-order valence-corrected chi connectivity index (χ2v) is 9.41. The number of methoxy groups -OCH3 is 1. The molecule has 5 heteroatoms. The quantitative estimate of drug-likeness (QED) is 0.386. The maximum atomic E-state index is 11.0. The largest absolute Gasteiger partial charge is 0.496 e. The van der Waals surface area contributed by atoms with Crippen LogP contribution in [0.2, 0.25) is 0 Å². The fourth-order valence-corrected chi connectivity index (χ4v) is 3.93. The Kier molecular flexibility index (Phi) is 8.41. The molecule has 0 saturated heterocycles. The number of carbonyl (C=O) groups is 1. The van der Waals surface area contributed by atoms with E-state index in [-0.39, 0.29) is 0 Å². The van der Waals surface area contributed by atoms with Gasteiger partial charge in [-0.25, -0.2) is 4.79 Å². The van der Waals surface area contributed by atoms with Crippen LogP contribution >= 0.6 is 7.55 Å². The van der Waals surface area contributed by atoms with Gasteiger partial charge in [-0.15, -0.1) is 7.55 Å². The summed E-state index contributed by atoms with van der Waals surface area (Å²) in [6.45, 7) is 6.79. The molecule has 0 amide bonds. The van der Waals surface area contributed by atoms with Gasteiger partial charge in [-0.05, 0) is 56.9 Å². The molecular formula is C23H29O4P. The highest BCUT2D eigenvalue weighted by Gasteiger charge is 2.14. The number of rotatable bonds is 8. The number of hydrogen-bond donors (Lipinski definition) is 1. The minimum absolute atomic E-state index is 0.422. The Labute approximate surface area is 168 Å². The Hall–Kier alpha value is -2.45. The van der Waals surface area contributed by atoms with Crippen LogP contribution in [0, 0.1) is 0 Å². The van der Waals surface area contributed by atoms with Crippen molar-refractivity contribution in [1.29, 1.82) is 0 Å². The standard InChI is InChI=1S/C23H29O4P/c1-17(2)7-10-20-21(26-3)11-8-19(9-12-22(24)25)23(20)27-16-18-6-5-14-28(4)15-13-18/h5-9,11-13,15,28H,10,14,16H2,1-4H3,(H,24,25)/b12-9+. The predicted molar refractivity (Wildman–Crippen MR) is 121 cm³/mol. The van der Waals surface area contributed by atoms with Gasteiger partial charge in [0.25, 0.3) is 0 Å². The van der Waals surface area contributed by atoms with Gasteiger partial charge in [0, 0.05) is 17.2 Å². The molecule has 1 aliphatic rings. The van der Waals surface area contributed by atoms with Crippen molar-refractivity contribution in [3.63, 3.8) is 0 Å². The molecule has 1 aromatic carbocycles. The van der Waals surface area contributed by atoms with Crippen LogP contribution in [-0.4, -0.2) is 43.4 Å². The van der Waals surface area contributed by atoms with E-state index in [1.165, 1.54) is 5.57 Å². The van der Waals surface area contributed by atoms with Crippen molar-refractivity contribution < 1.29 is 19.4 Å². The first kappa shape index (κ1) is 21.8. The molecule has 0 aromatic heterocycles. The van der Waals surface area contributed by atoms with Crippen LogP contribution in [-0.2, 0) is 11.2 Å². The average Bonchev–Trinajstić information content (AvgIpc) is 2.87. The number of ether oxygens (including phenoxy) is 2. The normalized spacial score (nSPS) is 16.1.